The lowest BCUT2D eigenvalue weighted by Gasteiger charge is -2.37. The summed E-state index contributed by atoms with van der Waals surface area (Å²) in [7, 11) is 0. The van der Waals surface area contributed by atoms with Gasteiger partial charge in [0, 0.05) is 50.3 Å². The molecule has 0 radical (unpaired) electrons. The van der Waals surface area contributed by atoms with E-state index in [1.54, 1.807) is 4.90 Å². The van der Waals surface area contributed by atoms with Crippen LogP contribution in [0.1, 0.15) is 43.0 Å². The molecular formula is C19H25N5O3. The van der Waals surface area contributed by atoms with Crippen molar-refractivity contribution in [2.45, 2.75) is 44.2 Å². The monoisotopic (exact) mass is 371 g/mol. The fourth-order valence-corrected chi connectivity index (χ4v) is 4.88. The number of carbonyl (C=O) groups excluding carboxylic acids is 2. The van der Waals surface area contributed by atoms with Crippen LogP contribution in [0.25, 0.3) is 0 Å². The number of nitrogens with zero attached hydrogens (tertiary/aromatic N) is 5. The highest BCUT2D eigenvalue weighted by molar-refractivity contribution is 5.86. The first-order valence-corrected chi connectivity index (χ1v) is 9.98. The van der Waals surface area contributed by atoms with Gasteiger partial charge in [0.2, 0.25) is 17.8 Å². The van der Waals surface area contributed by atoms with Crippen LogP contribution in [0.5, 0.6) is 0 Å². The van der Waals surface area contributed by atoms with Gasteiger partial charge in [-0.2, -0.15) is 0 Å². The number of hydrogen-bond acceptors (Lipinski definition) is 6. The van der Waals surface area contributed by atoms with Crippen LogP contribution in [0.2, 0.25) is 0 Å². The van der Waals surface area contributed by atoms with Crippen molar-refractivity contribution in [3.8, 4) is 0 Å². The number of anilines is 1. The molecule has 0 aromatic carbocycles. The van der Waals surface area contributed by atoms with E-state index >= 15 is 0 Å². The Labute approximate surface area is 158 Å². The highest BCUT2D eigenvalue weighted by Crippen LogP contribution is 2.43. The second kappa shape index (κ2) is 6.74. The van der Waals surface area contributed by atoms with Crippen molar-refractivity contribution >= 4 is 17.8 Å². The van der Waals surface area contributed by atoms with Crippen LogP contribution in [0.15, 0.2) is 6.20 Å². The first kappa shape index (κ1) is 16.9. The lowest BCUT2D eigenvalue weighted by molar-refractivity contribution is -0.140. The summed E-state index contributed by atoms with van der Waals surface area (Å²) < 4.78 is 5.41. The van der Waals surface area contributed by atoms with Gasteiger partial charge >= 0.3 is 0 Å². The molecule has 0 saturated carbocycles. The predicted octanol–water partition coefficient (Wildman–Crippen LogP) is 0.524. The molecule has 0 aliphatic carbocycles. The zero-order valence-corrected chi connectivity index (χ0v) is 15.5. The Hall–Kier alpha value is -2.22. The molecular weight excluding hydrogens is 346 g/mol. The first-order valence-electron chi connectivity index (χ1n) is 9.98. The molecule has 0 unspecified atom stereocenters. The smallest absolute Gasteiger partial charge is 0.242 e. The van der Waals surface area contributed by atoms with Crippen LogP contribution in [0, 0.1) is 0 Å². The lowest BCUT2D eigenvalue weighted by atomic mass is 9.99. The van der Waals surface area contributed by atoms with E-state index in [9.17, 15) is 9.59 Å². The number of fused-ring (bicyclic) bond motifs is 4. The van der Waals surface area contributed by atoms with Crippen molar-refractivity contribution in [1.82, 2.24) is 19.8 Å². The minimum absolute atomic E-state index is 0.0581. The molecule has 3 fully saturated rings. The van der Waals surface area contributed by atoms with Gasteiger partial charge in [0.1, 0.15) is 0 Å². The van der Waals surface area contributed by atoms with E-state index in [4.69, 9.17) is 9.72 Å². The standard InChI is InChI=1S/C19H25N5O3/c25-17-2-1-5-23(17)12-18(26)24-13-3-4-16(24)14-11-20-19(21-15(14)10-13)22-6-8-27-9-7-22/h11,13,16H,1-10,12H2/t13-,16+/m0/s1. The summed E-state index contributed by atoms with van der Waals surface area (Å²) in [6, 6.07) is 0.253. The van der Waals surface area contributed by atoms with Gasteiger partial charge in [-0.3, -0.25) is 9.59 Å². The average molecular weight is 371 g/mol. The number of carbonyl (C=O) groups is 2. The lowest BCUT2D eigenvalue weighted by Crippen LogP contribution is -2.47. The molecule has 0 N–H and O–H groups in total. The molecule has 0 spiro atoms. The van der Waals surface area contributed by atoms with Crippen LogP contribution >= 0.6 is 0 Å². The maximum Gasteiger partial charge on any atom is 0.242 e. The highest BCUT2D eigenvalue weighted by atomic mass is 16.5. The molecule has 4 aliphatic heterocycles. The second-order valence-electron chi connectivity index (χ2n) is 7.84. The Kier molecular flexibility index (Phi) is 4.22. The SMILES string of the molecule is O=C1CCCN1CC(=O)N1[C@H]2CC[C@@H]1c1cnc(N3CCOCC3)nc1C2. The van der Waals surface area contributed by atoms with Gasteiger partial charge in [-0.1, -0.05) is 0 Å². The summed E-state index contributed by atoms with van der Waals surface area (Å²) in [4.78, 5) is 40.2. The van der Waals surface area contributed by atoms with Crippen molar-refractivity contribution in [2.75, 3.05) is 44.3 Å². The van der Waals surface area contributed by atoms with E-state index in [0.717, 1.165) is 56.0 Å². The Balaban J connectivity index is 1.35. The van der Waals surface area contributed by atoms with E-state index in [2.05, 4.69) is 9.88 Å². The van der Waals surface area contributed by atoms with E-state index in [0.29, 0.717) is 26.2 Å². The molecule has 1 aromatic rings. The molecule has 2 atom stereocenters. The minimum atomic E-state index is 0.0581. The molecule has 27 heavy (non-hydrogen) atoms. The van der Waals surface area contributed by atoms with Crippen molar-refractivity contribution in [1.29, 1.82) is 0 Å². The Morgan fingerprint density at radius 3 is 2.85 bits per heavy atom. The van der Waals surface area contributed by atoms with Crippen LogP contribution in [-0.2, 0) is 20.7 Å². The van der Waals surface area contributed by atoms with E-state index in [-0.39, 0.29) is 30.4 Å². The van der Waals surface area contributed by atoms with E-state index in [1.807, 2.05) is 11.1 Å². The van der Waals surface area contributed by atoms with E-state index < -0.39 is 0 Å². The number of hydrogen-bond donors (Lipinski definition) is 0. The van der Waals surface area contributed by atoms with Crippen LogP contribution in [0.4, 0.5) is 5.95 Å². The van der Waals surface area contributed by atoms with Gasteiger partial charge < -0.3 is 19.4 Å². The average Bonchev–Trinajstić information content (AvgIpc) is 3.24. The summed E-state index contributed by atoms with van der Waals surface area (Å²) in [6.07, 6.45) is 6.08. The maximum atomic E-state index is 13.0. The van der Waals surface area contributed by atoms with Gasteiger partial charge in [0.15, 0.2) is 0 Å². The van der Waals surface area contributed by atoms with Gasteiger partial charge in [-0.15, -0.1) is 0 Å². The molecule has 8 nitrogen and oxygen atoms in total. The quantitative estimate of drug-likeness (QED) is 0.771. The molecule has 1 aromatic heterocycles. The van der Waals surface area contributed by atoms with Crippen LogP contribution in [-0.4, -0.2) is 77.0 Å². The second-order valence-corrected chi connectivity index (χ2v) is 7.84. The molecule has 2 bridgehead atoms. The number of ether oxygens (including phenoxy) is 1. The summed E-state index contributed by atoms with van der Waals surface area (Å²) in [5, 5.41) is 0. The molecule has 2 amide bonds. The predicted molar refractivity (Wildman–Crippen MR) is 97.2 cm³/mol. The third-order valence-electron chi connectivity index (χ3n) is 6.26. The minimum Gasteiger partial charge on any atom is -0.378 e. The Bertz CT molecular complexity index is 764. The van der Waals surface area contributed by atoms with Gasteiger partial charge in [-0.05, 0) is 19.3 Å². The van der Waals surface area contributed by atoms with Crippen molar-refractivity contribution in [2.24, 2.45) is 0 Å². The van der Waals surface area contributed by atoms with Gasteiger partial charge in [-0.25, -0.2) is 9.97 Å². The third-order valence-corrected chi connectivity index (χ3v) is 6.26. The fraction of sp³-hybridized carbons (Fsp3) is 0.684. The molecule has 5 heterocycles. The zero-order chi connectivity index (χ0) is 18.4. The third kappa shape index (κ3) is 2.96. The van der Waals surface area contributed by atoms with Crippen LogP contribution < -0.4 is 4.90 Å². The van der Waals surface area contributed by atoms with Crippen LogP contribution in [0.3, 0.4) is 0 Å². The first-order chi connectivity index (χ1) is 13.2. The number of aromatic nitrogens is 2. The largest absolute Gasteiger partial charge is 0.378 e. The molecule has 5 rings (SSSR count). The number of morpholine rings is 1. The fourth-order valence-electron chi connectivity index (χ4n) is 4.88. The van der Waals surface area contributed by atoms with Crippen molar-refractivity contribution < 1.29 is 14.3 Å². The van der Waals surface area contributed by atoms with Gasteiger partial charge in [0.05, 0.1) is 31.5 Å². The van der Waals surface area contributed by atoms with Crippen molar-refractivity contribution in [3.05, 3.63) is 17.5 Å². The number of rotatable bonds is 3. The van der Waals surface area contributed by atoms with Gasteiger partial charge in [0.25, 0.3) is 0 Å². The number of likely N-dealkylation sites (tertiary alicyclic amines) is 1. The summed E-state index contributed by atoms with van der Waals surface area (Å²) in [5.74, 6) is 0.950. The molecule has 3 saturated heterocycles. The maximum absolute atomic E-state index is 13.0. The normalized spacial score (nSPS) is 27.3. The summed E-state index contributed by atoms with van der Waals surface area (Å²) in [6.45, 7) is 3.98. The zero-order valence-electron chi connectivity index (χ0n) is 15.5. The van der Waals surface area contributed by atoms with Crippen molar-refractivity contribution in [3.63, 3.8) is 0 Å². The Morgan fingerprint density at radius 2 is 2.07 bits per heavy atom. The Morgan fingerprint density at radius 1 is 1.22 bits per heavy atom. The summed E-state index contributed by atoms with van der Waals surface area (Å²) in [5.41, 5.74) is 2.17. The molecule has 8 heteroatoms. The topological polar surface area (TPSA) is 78.9 Å². The molecule has 4 aliphatic rings. The molecule has 144 valence electrons. The number of amides is 2. The highest BCUT2D eigenvalue weighted by Gasteiger charge is 2.44. The summed E-state index contributed by atoms with van der Waals surface area (Å²) >= 11 is 0. The van der Waals surface area contributed by atoms with E-state index in [1.165, 1.54) is 0 Å².